The summed E-state index contributed by atoms with van der Waals surface area (Å²) in [5, 5.41) is 0. The molecule has 5 nitrogen and oxygen atoms in total. The van der Waals surface area contributed by atoms with Crippen LogP contribution in [-0.2, 0) is 21.2 Å². The Morgan fingerprint density at radius 3 is 2.52 bits per heavy atom. The summed E-state index contributed by atoms with van der Waals surface area (Å²) in [6, 6.07) is 5.28. The highest BCUT2D eigenvalue weighted by Crippen LogP contribution is 2.42. The summed E-state index contributed by atoms with van der Waals surface area (Å²) in [6.45, 7) is 3.96. The lowest BCUT2D eigenvalue weighted by Crippen LogP contribution is -2.31. The van der Waals surface area contributed by atoms with Crippen LogP contribution in [-0.4, -0.2) is 38.3 Å². The van der Waals surface area contributed by atoms with Gasteiger partial charge in [0.25, 0.3) is 0 Å². The highest BCUT2D eigenvalue weighted by molar-refractivity contribution is 7.89. The summed E-state index contributed by atoms with van der Waals surface area (Å²) in [5.41, 5.74) is 1.88. The van der Waals surface area contributed by atoms with Crippen LogP contribution in [0.1, 0.15) is 31.7 Å². The molecule has 0 aromatic heterocycles. The summed E-state index contributed by atoms with van der Waals surface area (Å²) in [4.78, 5) is 14.7. The molecule has 1 aromatic carbocycles. The van der Waals surface area contributed by atoms with E-state index in [2.05, 4.69) is 6.92 Å². The van der Waals surface area contributed by atoms with Crippen molar-refractivity contribution in [1.82, 2.24) is 4.31 Å². The summed E-state index contributed by atoms with van der Waals surface area (Å²) in [5.74, 6) is 0.745. The summed E-state index contributed by atoms with van der Waals surface area (Å²) in [7, 11) is -3.43. The van der Waals surface area contributed by atoms with Crippen molar-refractivity contribution < 1.29 is 13.2 Å². The lowest BCUT2D eigenvalue weighted by atomic mass is 10.2. The Kier molecular flexibility index (Phi) is 3.50. The lowest BCUT2D eigenvalue weighted by molar-refractivity contribution is -0.119. The SMILES string of the molecule is CC1CC1C(=O)N1CCc2ccc(S(=O)(=O)N3CCCC3)cc21. The molecule has 0 N–H and O–H groups in total. The molecule has 2 atom stereocenters. The summed E-state index contributed by atoms with van der Waals surface area (Å²) < 4.78 is 27.0. The molecule has 2 heterocycles. The normalized spacial score (nSPS) is 27.3. The van der Waals surface area contributed by atoms with E-state index in [1.54, 1.807) is 21.3 Å². The topological polar surface area (TPSA) is 57.7 Å². The molecule has 0 spiro atoms. The molecule has 23 heavy (non-hydrogen) atoms. The van der Waals surface area contributed by atoms with Crippen LogP contribution in [0.5, 0.6) is 0 Å². The number of carbonyl (C=O) groups is 1. The van der Waals surface area contributed by atoms with Gasteiger partial charge in [-0.2, -0.15) is 4.31 Å². The zero-order valence-electron chi connectivity index (χ0n) is 13.4. The highest BCUT2D eigenvalue weighted by Gasteiger charge is 2.43. The second-order valence-electron chi connectivity index (χ2n) is 6.96. The lowest BCUT2D eigenvalue weighted by Gasteiger charge is -2.20. The van der Waals surface area contributed by atoms with Crippen LogP contribution in [0, 0.1) is 11.8 Å². The number of hydrogen-bond acceptors (Lipinski definition) is 3. The number of hydrogen-bond donors (Lipinski definition) is 0. The first kappa shape index (κ1) is 15.1. The molecule has 2 unspecified atom stereocenters. The summed E-state index contributed by atoms with van der Waals surface area (Å²) in [6.07, 6.45) is 3.62. The van der Waals surface area contributed by atoms with Crippen molar-refractivity contribution in [3.05, 3.63) is 23.8 Å². The van der Waals surface area contributed by atoms with E-state index in [0.29, 0.717) is 30.4 Å². The largest absolute Gasteiger partial charge is 0.312 e. The van der Waals surface area contributed by atoms with Gasteiger partial charge < -0.3 is 4.90 Å². The van der Waals surface area contributed by atoms with Crippen LogP contribution in [0.15, 0.2) is 23.1 Å². The third-order valence-corrected chi connectivity index (χ3v) is 7.24. The van der Waals surface area contributed by atoms with Crippen molar-refractivity contribution >= 4 is 21.6 Å². The molecule has 2 fully saturated rings. The van der Waals surface area contributed by atoms with Gasteiger partial charge >= 0.3 is 0 Å². The van der Waals surface area contributed by atoms with Crippen molar-refractivity contribution in [1.29, 1.82) is 0 Å². The first-order valence-electron chi connectivity index (χ1n) is 8.43. The van der Waals surface area contributed by atoms with Crippen LogP contribution in [0.4, 0.5) is 5.69 Å². The van der Waals surface area contributed by atoms with E-state index in [0.717, 1.165) is 36.9 Å². The maximum atomic E-state index is 12.7. The molecule has 3 aliphatic rings. The second kappa shape index (κ2) is 5.31. The molecule has 4 rings (SSSR count). The maximum Gasteiger partial charge on any atom is 0.243 e. The minimum absolute atomic E-state index is 0.125. The fraction of sp³-hybridized carbons (Fsp3) is 0.588. The van der Waals surface area contributed by atoms with Gasteiger partial charge in [-0.15, -0.1) is 0 Å². The Hall–Kier alpha value is -1.40. The van der Waals surface area contributed by atoms with Crippen molar-refractivity contribution in [2.24, 2.45) is 11.8 Å². The van der Waals surface area contributed by atoms with Crippen molar-refractivity contribution in [3.63, 3.8) is 0 Å². The van der Waals surface area contributed by atoms with Gasteiger partial charge in [-0.1, -0.05) is 13.0 Å². The average molecular weight is 334 g/mol. The van der Waals surface area contributed by atoms with Crippen LogP contribution < -0.4 is 4.90 Å². The van der Waals surface area contributed by atoms with E-state index >= 15 is 0 Å². The Morgan fingerprint density at radius 2 is 1.87 bits per heavy atom. The molecule has 0 bridgehead atoms. The van der Waals surface area contributed by atoms with Crippen LogP contribution >= 0.6 is 0 Å². The molecule has 1 amide bonds. The number of fused-ring (bicyclic) bond motifs is 1. The quantitative estimate of drug-likeness (QED) is 0.850. The third kappa shape index (κ3) is 2.48. The Morgan fingerprint density at radius 1 is 1.17 bits per heavy atom. The van der Waals surface area contributed by atoms with E-state index in [1.807, 2.05) is 6.07 Å². The predicted molar refractivity (Wildman–Crippen MR) is 87.8 cm³/mol. The monoisotopic (exact) mass is 334 g/mol. The number of benzene rings is 1. The minimum atomic E-state index is -3.43. The zero-order valence-corrected chi connectivity index (χ0v) is 14.2. The minimum Gasteiger partial charge on any atom is -0.312 e. The molecule has 0 radical (unpaired) electrons. The van der Waals surface area contributed by atoms with Gasteiger partial charge in [-0.05, 0) is 49.3 Å². The first-order valence-corrected chi connectivity index (χ1v) is 9.87. The van der Waals surface area contributed by atoms with Crippen LogP contribution in [0.2, 0.25) is 0 Å². The van der Waals surface area contributed by atoms with Gasteiger partial charge in [0, 0.05) is 31.2 Å². The molecule has 6 heteroatoms. The average Bonchev–Trinajstić information content (AvgIpc) is 3.00. The van der Waals surface area contributed by atoms with Gasteiger partial charge in [0.2, 0.25) is 15.9 Å². The Balaban J connectivity index is 1.66. The van der Waals surface area contributed by atoms with Gasteiger partial charge in [0.05, 0.1) is 4.90 Å². The van der Waals surface area contributed by atoms with E-state index in [1.165, 1.54) is 0 Å². The molecule has 1 saturated heterocycles. The second-order valence-corrected chi connectivity index (χ2v) is 8.90. The Bertz CT molecular complexity index is 753. The molecule has 1 saturated carbocycles. The maximum absolute atomic E-state index is 12.7. The highest BCUT2D eigenvalue weighted by atomic mass is 32.2. The smallest absolute Gasteiger partial charge is 0.243 e. The van der Waals surface area contributed by atoms with Crippen LogP contribution in [0.3, 0.4) is 0 Å². The number of rotatable bonds is 3. The molecular formula is C17H22N2O3S. The number of sulfonamides is 1. The van der Waals surface area contributed by atoms with Crippen molar-refractivity contribution in [2.75, 3.05) is 24.5 Å². The number of amides is 1. The molecular weight excluding hydrogens is 312 g/mol. The number of nitrogens with zero attached hydrogens (tertiary/aromatic N) is 2. The van der Waals surface area contributed by atoms with E-state index < -0.39 is 10.0 Å². The van der Waals surface area contributed by atoms with Gasteiger partial charge in [-0.3, -0.25) is 4.79 Å². The molecule has 1 aliphatic carbocycles. The molecule has 124 valence electrons. The van der Waals surface area contributed by atoms with E-state index in [-0.39, 0.29) is 11.8 Å². The molecule has 1 aromatic rings. The van der Waals surface area contributed by atoms with Crippen LogP contribution in [0.25, 0.3) is 0 Å². The van der Waals surface area contributed by atoms with Crippen molar-refractivity contribution in [2.45, 2.75) is 37.5 Å². The van der Waals surface area contributed by atoms with E-state index in [4.69, 9.17) is 0 Å². The third-order valence-electron chi connectivity index (χ3n) is 5.35. The predicted octanol–water partition coefficient (Wildman–Crippen LogP) is 2.02. The van der Waals surface area contributed by atoms with Gasteiger partial charge in [0.15, 0.2) is 0 Å². The fourth-order valence-electron chi connectivity index (χ4n) is 3.69. The summed E-state index contributed by atoms with van der Waals surface area (Å²) >= 11 is 0. The molecule has 2 aliphatic heterocycles. The first-order chi connectivity index (χ1) is 11.0. The number of carbonyl (C=O) groups excluding carboxylic acids is 1. The van der Waals surface area contributed by atoms with Crippen molar-refractivity contribution in [3.8, 4) is 0 Å². The van der Waals surface area contributed by atoms with Gasteiger partial charge in [0.1, 0.15) is 0 Å². The number of anilines is 1. The Labute approximate surface area is 137 Å². The zero-order chi connectivity index (χ0) is 16.2. The van der Waals surface area contributed by atoms with Gasteiger partial charge in [-0.25, -0.2) is 8.42 Å². The standard InChI is InChI=1S/C17H22N2O3S/c1-12-10-15(12)17(20)19-9-6-13-4-5-14(11-16(13)19)23(21,22)18-7-2-3-8-18/h4-5,11-12,15H,2-3,6-10H2,1H3. The van der Waals surface area contributed by atoms with E-state index in [9.17, 15) is 13.2 Å². The fourth-order valence-corrected chi connectivity index (χ4v) is 5.23.